The van der Waals surface area contributed by atoms with E-state index in [2.05, 4.69) is 209 Å². The summed E-state index contributed by atoms with van der Waals surface area (Å²) in [5.74, 6) is 1.27. The summed E-state index contributed by atoms with van der Waals surface area (Å²) in [6, 6.07) is 82.5. The molecule has 4 heterocycles. The highest BCUT2D eigenvalue weighted by Crippen LogP contribution is 2.44. The number of hydrogen-bond acceptors (Lipinski definition) is 4. The normalized spacial score (nSPS) is 11.6. The molecule has 7 heteroatoms. The summed E-state index contributed by atoms with van der Waals surface area (Å²) in [5.41, 5.74) is 15.3. The van der Waals surface area contributed by atoms with Crippen LogP contribution in [0.4, 0.5) is 0 Å². The van der Waals surface area contributed by atoms with Gasteiger partial charge in [0.25, 0.3) is 5.82 Å². The van der Waals surface area contributed by atoms with Crippen LogP contribution < -0.4 is 4.57 Å². The lowest BCUT2D eigenvalue weighted by atomic mass is 10.0. The quantitative estimate of drug-likeness (QED) is 0.149. The van der Waals surface area contributed by atoms with Crippen molar-refractivity contribution in [1.82, 2.24) is 19.1 Å². The third-order valence-electron chi connectivity index (χ3n) is 13.9. The summed E-state index contributed by atoms with van der Waals surface area (Å²) >= 11 is 0. The molecule has 0 aliphatic rings. The number of nitriles is 1. The molecule has 10 aromatic carbocycles. The van der Waals surface area contributed by atoms with Gasteiger partial charge in [-0.05, 0) is 95.1 Å². The molecule has 0 aliphatic carbocycles. The Balaban J connectivity index is 1.03. The first-order chi connectivity index (χ1) is 35.2. The van der Waals surface area contributed by atoms with Crippen molar-refractivity contribution in [3.8, 4) is 68.2 Å². The van der Waals surface area contributed by atoms with Crippen molar-refractivity contribution in [3.05, 3.63) is 242 Å². The van der Waals surface area contributed by atoms with E-state index in [4.69, 9.17) is 14.4 Å². The highest BCUT2D eigenvalue weighted by atomic mass is 16.3. The molecule has 0 aliphatic heterocycles. The molecule has 71 heavy (non-hydrogen) atoms. The molecule has 0 N–H and O–H groups in total. The molecule has 0 atom stereocenters. The third kappa shape index (κ3) is 6.40. The SMILES string of the molecule is N#Cc1ccc(-n2c3ccccc3c3ccc4c(c5ccccc5n4-c4cccc5c4oc4ccccc45)c32)c(-[n+]2cnc(-c3ccc(-c4ccccc4)cc3)nc2-c2ccc(-c3ccccc3)cc2)c1. The van der Waals surface area contributed by atoms with Gasteiger partial charge in [0, 0.05) is 32.3 Å². The largest absolute Gasteiger partial charge is 0.454 e. The molecular weight excluding hydrogens is 869 g/mol. The van der Waals surface area contributed by atoms with Crippen LogP contribution in [0.5, 0.6) is 0 Å². The maximum absolute atomic E-state index is 10.6. The number of rotatable bonds is 7. The highest BCUT2D eigenvalue weighted by molar-refractivity contribution is 6.26. The van der Waals surface area contributed by atoms with E-state index in [1.54, 1.807) is 0 Å². The van der Waals surface area contributed by atoms with E-state index in [-0.39, 0.29) is 0 Å². The van der Waals surface area contributed by atoms with E-state index in [0.29, 0.717) is 17.2 Å². The van der Waals surface area contributed by atoms with Gasteiger partial charge in [0.1, 0.15) is 11.3 Å². The van der Waals surface area contributed by atoms with Gasteiger partial charge in [0.2, 0.25) is 6.33 Å². The van der Waals surface area contributed by atoms with Crippen LogP contribution in [0, 0.1) is 11.3 Å². The standard InChI is InChI=1S/C64H39N6O/c65-39-41-26-36-55(58(38-41)68-40-66-63(46-31-27-44(28-32-46)42-14-3-1-4-15-42)67-64(68)47-33-29-45(30-34-47)43-16-5-2-6-17-43)70-53-22-10-7-18-48(53)50-35-37-56-60(61(50)70)52-20-8-11-23-54(52)69(56)57-24-13-21-51-49-19-9-12-25-59(49)71-62(51)57/h1-38,40H/q+1. The molecule has 0 fully saturated rings. The number of nitrogens with zero attached hydrogens (tertiary/aromatic N) is 6. The minimum absolute atomic E-state index is 0.517. The molecule has 0 saturated carbocycles. The Bertz CT molecular complexity index is 4450. The van der Waals surface area contributed by atoms with Crippen LogP contribution in [-0.4, -0.2) is 19.1 Å². The van der Waals surface area contributed by atoms with Crippen molar-refractivity contribution in [2.45, 2.75) is 0 Å². The summed E-state index contributed by atoms with van der Waals surface area (Å²) in [6.07, 6.45) is 1.86. The average Bonchev–Trinajstić information content (AvgIpc) is 4.11. The van der Waals surface area contributed by atoms with E-state index >= 15 is 0 Å². The zero-order chi connectivity index (χ0) is 47.0. The number of para-hydroxylation sites is 4. The summed E-state index contributed by atoms with van der Waals surface area (Å²) in [6.45, 7) is 0. The Morgan fingerprint density at radius 2 is 1.03 bits per heavy atom. The Morgan fingerprint density at radius 1 is 0.437 bits per heavy atom. The van der Waals surface area contributed by atoms with Gasteiger partial charge in [-0.15, -0.1) is 0 Å². The second kappa shape index (κ2) is 16.1. The maximum Gasteiger partial charge on any atom is 0.307 e. The molecule has 0 saturated heterocycles. The molecule has 14 rings (SSSR count). The Hall–Kier alpha value is -9.90. The number of furan rings is 1. The Morgan fingerprint density at radius 3 is 1.75 bits per heavy atom. The van der Waals surface area contributed by atoms with Crippen molar-refractivity contribution in [1.29, 1.82) is 5.26 Å². The fourth-order valence-corrected chi connectivity index (χ4v) is 10.7. The highest BCUT2D eigenvalue weighted by Gasteiger charge is 2.27. The van der Waals surface area contributed by atoms with Crippen molar-refractivity contribution in [2.24, 2.45) is 0 Å². The molecule has 0 unspecified atom stereocenters. The molecule has 330 valence electrons. The molecule has 0 spiro atoms. The van der Waals surface area contributed by atoms with Gasteiger partial charge in [-0.3, -0.25) is 0 Å². The summed E-state index contributed by atoms with van der Waals surface area (Å²) < 4.78 is 13.5. The van der Waals surface area contributed by atoms with Crippen molar-refractivity contribution in [3.63, 3.8) is 0 Å². The van der Waals surface area contributed by atoms with Crippen molar-refractivity contribution < 1.29 is 8.98 Å². The molecule has 4 aromatic heterocycles. The van der Waals surface area contributed by atoms with Gasteiger partial charge in [-0.1, -0.05) is 168 Å². The van der Waals surface area contributed by atoms with Gasteiger partial charge < -0.3 is 13.6 Å². The van der Waals surface area contributed by atoms with E-state index in [1.165, 1.54) is 0 Å². The number of benzene rings is 10. The Labute approximate surface area is 407 Å². The second-order valence-electron chi connectivity index (χ2n) is 17.9. The van der Waals surface area contributed by atoms with Gasteiger partial charge >= 0.3 is 5.82 Å². The van der Waals surface area contributed by atoms with E-state index < -0.39 is 0 Å². The van der Waals surface area contributed by atoms with Crippen LogP contribution in [0.15, 0.2) is 241 Å². The average molecular weight is 908 g/mol. The van der Waals surface area contributed by atoms with Crippen LogP contribution in [0.1, 0.15) is 5.56 Å². The smallest absolute Gasteiger partial charge is 0.307 e. The molecule has 14 aromatic rings. The van der Waals surface area contributed by atoms with Crippen LogP contribution in [-0.2, 0) is 0 Å². The monoisotopic (exact) mass is 907 g/mol. The maximum atomic E-state index is 10.6. The molecular formula is C64H39N6O+. The lowest BCUT2D eigenvalue weighted by Gasteiger charge is -2.15. The number of hydrogen-bond donors (Lipinski definition) is 0. The lowest BCUT2D eigenvalue weighted by molar-refractivity contribution is -0.590. The van der Waals surface area contributed by atoms with Gasteiger partial charge in [-0.25, -0.2) is 0 Å². The minimum Gasteiger partial charge on any atom is -0.454 e. The zero-order valence-corrected chi connectivity index (χ0v) is 38.1. The third-order valence-corrected chi connectivity index (χ3v) is 13.9. The first-order valence-electron chi connectivity index (χ1n) is 23.7. The zero-order valence-electron chi connectivity index (χ0n) is 38.1. The van der Waals surface area contributed by atoms with Crippen molar-refractivity contribution in [2.75, 3.05) is 0 Å². The van der Waals surface area contributed by atoms with Crippen LogP contribution >= 0.6 is 0 Å². The molecule has 7 nitrogen and oxygen atoms in total. The summed E-state index contributed by atoms with van der Waals surface area (Å²) in [4.78, 5) is 10.5. The predicted octanol–water partition coefficient (Wildman–Crippen LogP) is 15.4. The van der Waals surface area contributed by atoms with Crippen LogP contribution in [0.3, 0.4) is 0 Å². The molecule has 0 bridgehead atoms. The molecule has 0 amide bonds. The first kappa shape index (κ1) is 40.2. The van der Waals surface area contributed by atoms with Gasteiger partial charge in [-0.2, -0.15) is 9.83 Å². The van der Waals surface area contributed by atoms with E-state index in [9.17, 15) is 5.26 Å². The van der Waals surface area contributed by atoms with Crippen LogP contribution in [0.2, 0.25) is 0 Å². The second-order valence-corrected chi connectivity index (χ2v) is 17.9. The fraction of sp³-hybridized carbons (Fsp3) is 0. The van der Waals surface area contributed by atoms with Gasteiger partial charge in [0.05, 0.1) is 56.2 Å². The predicted molar refractivity (Wildman–Crippen MR) is 286 cm³/mol. The van der Waals surface area contributed by atoms with Gasteiger partial charge in [0.15, 0.2) is 5.58 Å². The summed E-state index contributed by atoms with van der Waals surface area (Å²) in [5, 5.41) is 17.2. The number of aromatic nitrogens is 5. The minimum atomic E-state index is 0.517. The van der Waals surface area contributed by atoms with Crippen LogP contribution in [0.25, 0.3) is 128 Å². The number of fused-ring (bicyclic) bond motifs is 10. The fourth-order valence-electron chi connectivity index (χ4n) is 10.7. The van der Waals surface area contributed by atoms with E-state index in [1.807, 2.05) is 47.3 Å². The summed E-state index contributed by atoms with van der Waals surface area (Å²) in [7, 11) is 0. The molecule has 0 radical (unpaired) electrons. The topological polar surface area (TPSA) is 76.5 Å². The Kier molecular flexibility index (Phi) is 9.13. The first-order valence-corrected chi connectivity index (χ1v) is 23.7. The van der Waals surface area contributed by atoms with E-state index in [0.717, 1.165) is 116 Å². The van der Waals surface area contributed by atoms with Crippen molar-refractivity contribution >= 4 is 65.6 Å². The lowest BCUT2D eigenvalue weighted by Crippen LogP contribution is -2.37.